The lowest BCUT2D eigenvalue weighted by Gasteiger charge is -2.40. The van der Waals surface area contributed by atoms with E-state index < -0.39 is 34.6 Å². The molecule has 2 amide bonds. The number of aliphatic hydroxyl groups excluding tert-OH is 1. The number of thioether (sulfide) groups is 1. The molecule has 1 spiro atoms. The predicted octanol–water partition coefficient (Wildman–Crippen LogP) is 3.15. The molecule has 0 aromatic carbocycles. The van der Waals surface area contributed by atoms with Gasteiger partial charge in [-0.1, -0.05) is 41.4 Å². The summed E-state index contributed by atoms with van der Waals surface area (Å²) in [7, 11) is 0. The number of ether oxygens (including phenoxy) is 1. The second-order valence-electron chi connectivity index (χ2n) is 9.60. The summed E-state index contributed by atoms with van der Waals surface area (Å²) in [6.45, 7) is 13.7. The van der Waals surface area contributed by atoms with Crippen LogP contribution in [0.15, 0.2) is 25.3 Å². The fourth-order valence-corrected chi connectivity index (χ4v) is 9.46. The van der Waals surface area contributed by atoms with Gasteiger partial charge in [0.25, 0.3) is 0 Å². The van der Waals surface area contributed by atoms with Crippen molar-refractivity contribution in [1.29, 1.82) is 0 Å². The normalized spacial score (nSPS) is 33.4. The minimum atomic E-state index is -0.757. The number of carbonyl (C=O) groups is 3. The molecule has 3 heterocycles. The summed E-state index contributed by atoms with van der Waals surface area (Å²) >= 11 is 5.32. The molecular weight excluding hydrogens is 520 g/mol. The molecule has 34 heavy (non-hydrogen) atoms. The molecule has 4 unspecified atom stereocenters. The lowest BCUT2D eigenvalue weighted by molar-refractivity contribution is -0.154. The van der Waals surface area contributed by atoms with Crippen LogP contribution in [0.1, 0.15) is 46.5 Å². The molecule has 3 aliphatic heterocycles. The average molecular weight is 558 g/mol. The first-order chi connectivity index (χ1) is 16.2. The number of halogens is 1. The third-order valence-electron chi connectivity index (χ3n) is 7.39. The molecule has 190 valence electrons. The fourth-order valence-electron chi connectivity index (χ4n) is 5.87. The van der Waals surface area contributed by atoms with E-state index in [2.05, 4.69) is 36.0 Å². The van der Waals surface area contributed by atoms with Gasteiger partial charge < -0.3 is 19.6 Å². The Hall–Kier alpha value is -1.32. The Labute approximate surface area is 215 Å². The van der Waals surface area contributed by atoms with Crippen LogP contribution < -0.4 is 0 Å². The number of carbonyl (C=O) groups excluding carboxylic acids is 3. The van der Waals surface area contributed by atoms with Crippen molar-refractivity contribution in [2.45, 2.75) is 79.4 Å². The number of likely N-dealkylation sites (tertiary alicyclic amines) is 1. The highest BCUT2D eigenvalue weighted by Crippen LogP contribution is 2.68. The Balaban J connectivity index is 2.04. The zero-order valence-corrected chi connectivity index (χ0v) is 22.7. The van der Waals surface area contributed by atoms with Gasteiger partial charge in [0.1, 0.15) is 6.04 Å². The number of esters is 1. The first-order valence-corrected chi connectivity index (χ1v) is 13.9. The quantitative estimate of drug-likeness (QED) is 0.172. The van der Waals surface area contributed by atoms with Crippen molar-refractivity contribution >= 4 is 45.5 Å². The summed E-state index contributed by atoms with van der Waals surface area (Å²) in [5.74, 6) is -2.04. The fraction of sp³-hybridized carbons (Fsp3) is 0.720. The number of aliphatic hydroxyl groups is 1. The third kappa shape index (κ3) is 4.48. The second kappa shape index (κ2) is 11.2. The molecule has 0 saturated carbocycles. The summed E-state index contributed by atoms with van der Waals surface area (Å²) in [5, 5.41) is 9.85. The molecule has 3 fully saturated rings. The van der Waals surface area contributed by atoms with Crippen molar-refractivity contribution < 1.29 is 24.2 Å². The summed E-state index contributed by atoms with van der Waals surface area (Å²) in [6, 6.07) is -1.32. The van der Waals surface area contributed by atoms with E-state index in [1.165, 1.54) is 0 Å². The maximum absolute atomic E-state index is 14.2. The average Bonchev–Trinajstić information content (AvgIpc) is 3.40. The van der Waals surface area contributed by atoms with E-state index in [1.807, 2.05) is 6.92 Å². The molecule has 3 saturated heterocycles. The van der Waals surface area contributed by atoms with E-state index in [9.17, 15) is 19.5 Å². The van der Waals surface area contributed by atoms with E-state index in [1.54, 1.807) is 40.6 Å². The first-order valence-electron chi connectivity index (χ1n) is 12.1. The number of hydrogen-bond acceptors (Lipinski definition) is 6. The Bertz CT molecular complexity index is 825. The van der Waals surface area contributed by atoms with Gasteiger partial charge in [-0.05, 0) is 33.1 Å². The smallest absolute Gasteiger partial charge is 0.310 e. The van der Waals surface area contributed by atoms with Crippen LogP contribution in [0.2, 0.25) is 0 Å². The Kier molecular flexibility index (Phi) is 8.96. The van der Waals surface area contributed by atoms with Gasteiger partial charge in [-0.3, -0.25) is 14.4 Å². The van der Waals surface area contributed by atoms with Crippen LogP contribution in [0.3, 0.4) is 0 Å². The number of nitrogens with zero attached hydrogens (tertiary/aromatic N) is 2. The molecule has 3 rings (SSSR count). The standard InChI is InChI=1S/C25H37BrN2O5S/c1-6-9-12-33-24(32)18-19-22(30)28(16(5)14-29)21(25(19)13-17(26)20(18)34-25)23(31)27(11-8-3)15(4)10-7-2/h6,8,15-21,29H,1,3,7,9-14H2,2,4-5H3/t15?,16-,17?,18-,19+,20-,21?,25?/m1/s1. The summed E-state index contributed by atoms with van der Waals surface area (Å²) in [5.41, 5.74) is 0. The number of amides is 2. The van der Waals surface area contributed by atoms with Crippen molar-refractivity contribution in [2.75, 3.05) is 19.8 Å². The molecule has 2 bridgehead atoms. The van der Waals surface area contributed by atoms with Crippen molar-refractivity contribution in [3.8, 4) is 0 Å². The number of hydrogen-bond donors (Lipinski definition) is 1. The van der Waals surface area contributed by atoms with Crippen molar-refractivity contribution in [2.24, 2.45) is 11.8 Å². The minimum absolute atomic E-state index is 0.0147. The predicted molar refractivity (Wildman–Crippen MR) is 138 cm³/mol. The molecule has 0 aromatic heterocycles. The molecule has 3 aliphatic rings. The Morgan fingerprint density at radius 3 is 2.68 bits per heavy atom. The molecule has 8 atom stereocenters. The highest BCUT2D eigenvalue weighted by atomic mass is 79.9. The lowest BCUT2D eigenvalue weighted by atomic mass is 9.71. The van der Waals surface area contributed by atoms with Crippen molar-refractivity contribution in [1.82, 2.24) is 9.80 Å². The van der Waals surface area contributed by atoms with Gasteiger partial charge in [0, 0.05) is 22.7 Å². The van der Waals surface area contributed by atoms with Gasteiger partial charge in [0.15, 0.2) is 0 Å². The van der Waals surface area contributed by atoms with Crippen LogP contribution in [-0.2, 0) is 19.1 Å². The SMILES string of the molecule is C=CCCOC(=O)[C@H]1[C@@H]2SC3(CC2Br)C(C(=O)N(CC=C)C(C)CCC)N([C@H](C)CO)C(=O)[C@H]13. The van der Waals surface area contributed by atoms with E-state index in [0.29, 0.717) is 19.4 Å². The van der Waals surface area contributed by atoms with E-state index in [-0.39, 0.29) is 41.1 Å². The summed E-state index contributed by atoms with van der Waals surface area (Å²) < 4.78 is 4.78. The van der Waals surface area contributed by atoms with E-state index >= 15 is 0 Å². The van der Waals surface area contributed by atoms with Gasteiger partial charge >= 0.3 is 5.97 Å². The zero-order chi connectivity index (χ0) is 25.2. The monoisotopic (exact) mass is 556 g/mol. The first kappa shape index (κ1) is 27.3. The van der Waals surface area contributed by atoms with Crippen LogP contribution in [0.5, 0.6) is 0 Å². The number of alkyl halides is 1. The summed E-state index contributed by atoms with van der Waals surface area (Å²) in [6.07, 6.45) is 6.30. The van der Waals surface area contributed by atoms with Gasteiger partial charge in [0.05, 0.1) is 35.8 Å². The highest BCUT2D eigenvalue weighted by molar-refractivity contribution is 9.09. The van der Waals surface area contributed by atoms with Crippen molar-refractivity contribution in [3.05, 3.63) is 25.3 Å². The molecule has 0 aromatic rings. The third-order valence-corrected chi connectivity index (χ3v) is 10.6. The molecule has 7 nitrogen and oxygen atoms in total. The van der Waals surface area contributed by atoms with Gasteiger partial charge in [-0.25, -0.2) is 0 Å². The number of rotatable bonds is 12. The van der Waals surface area contributed by atoms with Crippen molar-refractivity contribution in [3.63, 3.8) is 0 Å². The minimum Gasteiger partial charge on any atom is -0.465 e. The van der Waals surface area contributed by atoms with Crippen LogP contribution in [0.4, 0.5) is 0 Å². The van der Waals surface area contributed by atoms with E-state index in [0.717, 1.165) is 12.8 Å². The molecular formula is C25H37BrN2O5S. The molecule has 0 aliphatic carbocycles. The van der Waals surface area contributed by atoms with Gasteiger partial charge in [-0.15, -0.1) is 24.9 Å². The highest BCUT2D eigenvalue weighted by Gasteiger charge is 2.76. The maximum Gasteiger partial charge on any atom is 0.310 e. The Morgan fingerprint density at radius 2 is 2.09 bits per heavy atom. The Morgan fingerprint density at radius 1 is 1.38 bits per heavy atom. The zero-order valence-electron chi connectivity index (χ0n) is 20.3. The summed E-state index contributed by atoms with van der Waals surface area (Å²) in [4.78, 5) is 44.6. The van der Waals surface area contributed by atoms with Crippen LogP contribution in [-0.4, -0.2) is 85.4 Å². The molecule has 9 heteroatoms. The largest absolute Gasteiger partial charge is 0.465 e. The number of fused-ring (bicyclic) bond motifs is 1. The van der Waals surface area contributed by atoms with Crippen LogP contribution in [0, 0.1) is 11.8 Å². The topological polar surface area (TPSA) is 87.2 Å². The van der Waals surface area contributed by atoms with Gasteiger partial charge in [-0.2, -0.15) is 0 Å². The maximum atomic E-state index is 14.2. The van der Waals surface area contributed by atoms with Crippen LogP contribution >= 0.6 is 27.7 Å². The van der Waals surface area contributed by atoms with Gasteiger partial charge in [0.2, 0.25) is 11.8 Å². The second-order valence-corrected chi connectivity index (χ2v) is 12.3. The molecule has 0 radical (unpaired) electrons. The van der Waals surface area contributed by atoms with E-state index in [4.69, 9.17) is 4.74 Å². The molecule has 1 N–H and O–H groups in total. The lowest BCUT2D eigenvalue weighted by Crippen LogP contribution is -2.58. The van der Waals surface area contributed by atoms with Crippen LogP contribution in [0.25, 0.3) is 0 Å².